The van der Waals surface area contributed by atoms with Gasteiger partial charge in [0.25, 0.3) is 11.7 Å². The Morgan fingerprint density at radius 3 is 2.22 bits per heavy atom. The highest BCUT2D eigenvalue weighted by atomic mass is 16.5. The highest BCUT2D eigenvalue weighted by molar-refractivity contribution is 6.51. The molecule has 36 heavy (non-hydrogen) atoms. The summed E-state index contributed by atoms with van der Waals surface area (Å²) in [5.74, 6) is -0.0919. The number of methoxy groups -OCH3 is 2. The lowest BCUT2D eigenvalue weighted by atomic mass is 9.98. The molecule has 1 aromatic heterocycles. The highest BCUT2D eigenvalue weighted by Gasteiger charge is 2.48. The van der Waals surface area contributed by atoms with Crippen LogP contribution in [0, 0.1) is 0 Å². The number of ketones is 1. The second-order valence-corrected chi connectivity index (χ2v) is 7.78. The summed E-state index contributed by atoms with van der Waals surface area (Å²) in [6.45, 7) is 4.42. The topological polar surface area (TPSA) is 108 Å². The molecule has 1 unspecified atom stereocenters. The number of hydrogen-bond donors (Lipinski definition) is 1. The predicted molar refractivity (Wildman–Crippen MR) is 132 cm³/mol. The molecule has 4 rings (SSSR count). The maximum Gasteiger partial charge on any atom is 0.300 e. The van der Waals surface area contributed by atoms with Crippen molar-refractivity contribution in [2.75, 3.05) is 32.3 Å². The van der Waals surface area contributed by atoms with Gasteiger partial charge >= 0.3 is 0 Å². The van der Waals surface area contributed by atoms with Gasteiger partial charge in [0.05, 0.1) is 50.5 Å². The molecule has 0 aliphatic carbocycles. The van der Waals surface area contributed by atoms with E-state index in [4.69, 9.17) is 23.4 Å². The van der Waals surface area contributed by atoms with Gasteiger partial charge in [0, 0.05) is 24.3 Å². The number of anilines is 1. The van der Waals surface area contributed by atoms with E-state index in [-0.39, 0.29) is 11.1 Å². The van der Waals surface area contributed by atoms with Gasteiger partial charge in [0.2, 0.25) is 0 Å². The van der Waals surface area contributed by atoms with Gasteiger partial charge in [-0.25, -0.2) is 0 Å². The fraction of sp³-hybridized carbons (Fsp3) is 0.259. The third-order valence-corrected chi connectivity index (χ3v) is 5.69. The van der Waals surface area contributed by atoms with Crippen LogP contribution in [0.5, 0.6) is 23.0 Å². The molecule has 0 saturated carbocycles. The van der Waals surface area contributed by atoms with Crippen LogP contribution in [-0.2, 0) is 9.59 Å². The van der Waals surface area contributed by atoms with Crippen molar-refractivity contribution in [1.82, 2.24) is 0 Å². The zero-order valence-electron chi connectivity index (χ0n) is 20.4. The van der Waals surface area contributed by atoms with Crippen LogP contribution in [0.1, 0.15) is 31.2 Å². The Morgan fingerprint density at radius 1 is 0.944 bits per heavy atom. The Hall–Kier alpha value is -4.40. The molecule has 0 bridgehead atoms. The molecule has 1 saturated heterocycles. The molecule has 3 aromatic rings. The molecule has 0 radical (unpaired) electrons. The average Bonchev–Trinajstić information content (AvgIpc) is 3.50. The minimum Gasteiger partial charge on any atom is -0.507 e. The zero-order valence-corrected chi connectivity index (χ0v) is 20.4. The van der Waals surface area contributed by atoms with Crippen molar-refractivity contribution in [1.29, 1.82) is 0 Å². The van der Waals surface area contributed by atoms with Crippen LogP contribution in [0.2, 0.25) is 0 Å². The number of amides is 1. The summed E-state index contributed by atoms with van der Waals surface area (Å²) >= 11 is 0. The van der Waals surface area contributed by atoms with Crippen molar-refractivity contribution in [2.45, 2.75) is 19.9 Å². The maximum absolute atomic E-state index is 13.4. The number of hydrogen-bond acceptors (Lipinski definition) is 8. The van der Waals surface area contributed by atoms with E-state index in [0.717, 1.165) is 0 Å². The maximum atomic E-state index is 13.4. The number of furan rings is 1. The molecule has 1 fully saturated rings. The van der Waals surface area contributed by atoms with Crippen LogP contribution in [0.3, 0.4) is 0 Å². The Labute approximate surface area is 208 Å². The van der Waals surface area contributed by atoms with Gasteiger partial charge in [0.15, 0.2) is 0 Å². The van der Waals surface area contributed by atoms with Gasteiger partial charge in [-0.3, -0.25) is 14.5 Å². The van der Waals surface area contributed by atoms with E-state index in [1.54, 1.807) is 55.5 Å². The van der Waals surface area contributed by atoms with Crippen LogP contribution >= 0.6 is 0 Å². The summed E-state index contributed by atoms with van der Waals surface area (Å²) in [5, 5.41) is 11.4. The highest BCUT2D eigenvalue weighted by Crippen LogP contribution is 2.45. The second-order valence-electron chi connectivity index (χ2n) is 7.78. The molecule has 188 valence electrons. The minimum atomic E-state index is -1.04. The molecule has 2 aromatic carbocycles. The summed E-state index contributed by atoms with van der Waals surface area (Å²) in [6, 6.07) is 12.0. The Balaban J connectivity index is 1.92. The molecule has 1 amide bonds. The number of benzene rings is 2. The third-order valence-electron chi connectivity index (χ3n) is 5.69. The van der Waals surface area contributed by atoms with E-state index < -0.39 is 23.5 Å². The van der Waals surface area contributed by atoms with Gasteiger partial charge in [-0.05, 0) is 38.1 Å². The van der Waals surface area contributed by atoms with E-state index in [2.05, 4.69) is 0 Å². The van der Waals surface area contributed by atoms with Crippen LogP contribution < -0.4 is 23.8 Å². The lowest BCUT2D eigenvalue weighted by molar-refractivity contribution is -0.132. The molecule has 1 atom stereocenters. The van der Waals surface area contributed by atoms with Crippen molar-refractivity contribution in [3.8, 4) is 23.0 Å². The van der Waals surface area contributed by atoms with E-state index in [1.165, 1.54) is 25.4 Å². The first-order valence-corrected chi connectivity index (χ1v) is 11.4. The Kier molecular flexibility index (Phi) is 7.19. The monoisotopic (exact) mass is 493 g/mol. The summed E-state index contributed by atoms with van der Waals surface area (Å²) in [4.78, 5) is 28.0. The van der Waals surface area contributed by atoms with Crippen molar-refractivity contribution >= 4 is 23.1 Å². The molecule has 0 spiro atoms. The number of carbonyl (C=O) groups excluding carboxylic acids is 2. The number of aliphatic hydroxyl groups excluding tert-OH is 1. The molecule has 1 aliphatic heterocycles. The van der Waals surface area contributed by atoms with Crippen molar-refractivity contribution < 1.29 is 38.1 Å². The molecule has 9 nitrogen and oxygen atoms in total. The van der Waals surface area contributed by atoms with Gasteiger partial charge in [0.1, 0.15) is 40.6 Å². The number of nitrogens with zero attached hydrogens (tertiary/aromatic N) is 1. The molecule has 9 heteroatoms. The summed E-state index contributed by atoms with van der Waals surface area (Å²) in [5.41, 5.74) is 0.449. The van der Waals surface area contributed by atoms with E-state index in [9.17, 15) is 14.7 Å². The van der Waals surface area contributed by atoms with Gasteiger partial charge in [-0.2, -0.15) is 0 Å². The lowest BCUT2D eigenvalue weighted by Gasteiger charge is -2.24. The first-order valence-electron chi connectivity index (χ1n) is 11.4. The number of aliphatic hydroxyl groups is 1. The molecule has 1 aliphatic rings. The number of ether oxygens (including phenoxy) is 4. The number of carbonyl (C=O) groups is 2. The minimum absolute atomic E-state index is 0.137. The quantitative estimate of drug-likeness (QED) is 0.259. The number of Topliss-reactive ketones (excluding diaryl/α,β-unsaturated/α-hetero) is 1. The molecule has 2 heterocycles. The van der Waals surface area contributed by atoms with Gasteiger partial charge in [-0.1, -0.05) is 0 Å². The molecular weight excluding hydrogens is 466 g/mol. The van der Waals surface area contributed by atoms with Gasteiger partial charge in [-0.15, -0.1) is 0 Å². The molecular formula is C27H27NO8. The predicted octanol–water partition coefficient (Wildman–Crippen LogP) is 4.72. The summed E-state index contributed by atoms with van der Waals surface area (Å²) in [7, 11) is 2.97. The van der Waals surface area contributed by atoms with E-state index in [0.29, 0.717) is 47.7 Å². The normalized spacial score (nSPS) is 16.8. The zero-order chi connectivity index (χ0) is 25.8. The largest absolute Gasteiger partial charge is 0.507 e. The van der Waals surface area contributed by atoms with Crippen molar-refractivity contribution in [2.24, 2.45) is 0 Å². The Morgan fingerprint density at radius 2 is 1.64 bits per heavy atom. The van der Waals surface area contributed by atoms with Crippen LogP contribution in [0.25, 0.3) is 5.76 Å². The average molecular weight is 494 g/mol. The number of rotatable bonds is 9. The fourth-order valence-electron chi connectivity index (χ4n) is 4.12. The smallest absolute Gasteiger partial charge is 0.300 e. The van der Waals surface area contributed by atoms with Crippen LogP contribution in [-0.4, -0.2) is 44.2 Å². The van der Waals surface area contributed by atoms with Crippen LogP contribution in [0.4, 0.5) is 5.69 Å². The van der Waals surface area contributed by atoms with Crippen molar-refractivity contribution in [3.05, 3.63) is 71.7 Å². The van der Waals surface area contributed by atoms with E-state index >= 15 is 0 Å². The second kappa shape index (κ2) is 10.5. The summed E-state index contributed by atoms with van der Waals surface area (Å²) < 4.78 is 27.6. The standard InChI is InChI=1S/C27H27NO8/c1-5-34-17-9-10-20(22(15-17)35-6-2)25(29)23-24(21-8-7-11-36-21)28(27(31)26(23)30)16-12-18(32-3)14-19(13-16)33-4/h7-15,24,29H,5-6H2,1-4H3/b25-23-. The van der Waals surface area contributed by atoms with E-state index in [1.807, 2.05) is 6.92 Å². The lowest BCUT2D eigenvalue weighted by Crippen LogP contribution is -2.29. The van der Waals surface area contributed by atoms with Gasteiger partial charge < -0.3 is 28.5 Å². The third kappa shape index (κ3) is 4.47. The van der Waals surface area contributed by atoms with Crippen molar-refractivity contribution in [3.63, 3.8) is 0 Å². The SMILES string of the molecule is CCOc1ccc(/C(O)=C2/C(=O)C(=O)N(c3cc(OC)cc(OC)c3)C2c2ccco2)c(OCC)c1. The van der Waals surface area contributed by atoms with Crippen LogP contribution in [0.15, 0.2) is 64.8 Å². The summed E-state index contributed by atoms with van der Waals surface area (Å²) in [6.07, 6.45) is 1.43. The first-order chi connectivity index (χ1) is 17.4. The molecule has 1 N–H and O–H groups in total. The fourth-order valence-corrected chi connectivity index (χ4v) is 4.12. The Bertz CT molecular complexity index is 1270. The first kappa shape index (κ1) is 24.7.